The lowest BCUT2D eigenvalue weighted by atomic mass is 9.72. The number of anilines is 1. The average molecular weight is 434 g/mol. The van der Waals surface area contributed by atoms with Crippen molar-refractivity contribution in [3.8, 4) is 0 Å². The van der Waals surface area contributed by atoms with E-state index in [1.54, 1.807) is 7.11 Å². The van der Waals surface area contributed by atoms with Crippen molar-refractivity contribution in [1.29, 1.82) is 0 Å². The van der Waals surface area contributed by atoms with Crippen molar-refractivity contribution in [2.24, 2.45) is 23.5 Å². The minimum absolute atomic E-state index is 0.0824. The first-order valence-corrected chi connectivity index (χ1v) is 11.7. The van der Waals surface area contributed by atoms with Crippen molar-refractivity contribution in [3.05, 3.63) is 18.2 Å². The summed E-state index contributed by atoms with van der Waals surface area (Å²) in [7, 11) is 1.78. The fourth-order valence-corrected chi connectivity index (χ4v) is 6.12. The predicted molar refractivity (Wildman–Crippen MR) is 117 cm³/mol. The lowest BCUT2D eigenvalue weighted by molar-refractivity contribution is -0.129. The van der Waals surface area contributed by atoms with Crippen LogP contribution in [0.4, 0.5) is 10.3 Å². The second-order valence-corrected chi connectivity index (χ2v) is 9.65. The number of hydrogen-bond donors (Lipinski definition) is 1. The first-order valence-electron chi connectivity index (χ1n) is 11.7. The number of carbonyl (C=O) groups excluding carboxylic acids is 1. The van der Waals surface area contributed by atoms with Crippen LogP contribution in [0.2, 0.25) is 0 Å². The van der Waals surface area contributed by atoms with E-state index in [0.29, 0.717) is 42.3 Å². The zero-order valence-corrected chi connectivity index (χ0v) is 18.9. The van der Waals surface area contributed by atoms with Crippen molar-refractivity contribution in [3.63, 3.8) is 0 Å². The van der Waals surface area contributed by atoms with Crippen LogP contribution in [0.25, 0.3) is 0 Å². The third-order valence-corrected chi connectivity index (χ3v) is 7.71. The van der Waals surface area contributed by atoms with Gasteiger partial charge in [0.2, 0.25) is 11.9 Å². The van der Waals surface area contributed by atoms with Gasteiger partial charge >= 0.3 is 0 Å². The minimum Gasteiger partial charge on any atom is -0.379 e. The van der Waals surface area contributed by atoms with Gasteiger partial charge in [0, 0.05) is 32.3 Å². The lowest BCUT2D eigenvalue weighted by Gasteiger charge is -2.51. The maximum absolute atomic E-state index is 13.2. The first-order chi connectivity index (χ1) is 14.9. The molecule has 2 aliphatic heterocycles. The molecule has 172 valence electrons. The van der Waals surface area contributed by atoms with Gasteiger partial charge in [0.05, 0.1) is 24.5 Å². The van der Waals surface area contributed by atoms with Gasteiger partial charge in [-0.15, -0.1) is 0 Å². The van der Waals surface area contributed by atoms with E-state index in [4.69, 9.17) is 10.5 Å². The Bertz CT molecular complexity index is 759. The largest absolute Gasteiger partial charge is 0.379 e. The molecular weight excluding hydrogens is 397 g/mol. The van der Waals surface area contributed by atoms with E-state index in [-0.39, 0.29) is 18.1 Å². The van der Waals surface area contributed by atoms with Gasteiger partial charge in [0.1, 0.15) is 0 Å². The van der Waals surface area contributed by atoms with Crippen LogP contribution in [0, 0.1) is 23.6 Å². The number of ether oxygens (including phenoxy) is 1. The number of methoxy groups -OCH3 is 1. The van der Waals surface area contributed by atoms with E-state index in [0.717, 1.165) is 45.1 Å². The molecule has 4 rings (SSSR count). The molecule has 0 spiro atoms. The highest BCUT2D eigenvalue weighted by molar-refractivity contribution is 5.80. The summed E-state index contributed by atoms with van der Waals surface area (Å²) in [5, 5.41) is 0. The smallest absolute Gasteiger partial charge is 0.235 e. The number of hydrogen-bond acceptors (Lipinski definition) is 6. The molecule has 0 bridgehead atoms. The zero-order valence-electron chi connectivity index (χ0n) is 18.9. The van der Waals surface area contributed by atoms with Gasteiger partial charge in [-0.1, -0.05) is 6.92 Å². The molecule has 2 N–H and O–H groups in total. The minimum atomic E-state index is -0.422. The van der Waals surface area contributed by atoms with E-state index >= 15 is 0 Å². The molecule has 2 saturated heterocycles. The fourth-order valence-electron chi connectivity index (χ4n) is 6.12. The van der Waals surface area contributed by atoms with Crippen LogP contribution in [-0.2, 0) is 9.53 Å². The van der Waals surface area contributed by atoms with Crippen LogP contribution < -0.4 is 10.6 Å². The number of aromatic nitrogens is 2. The molecular formula is C23H36FN5O2. The molecule has 3 aliphatic rings. The van der Waals surface area contributed by atoms with Gasteiger partial charge in [-0.05, 0) is 63.2 Å². The Kier molecular flexibility index (Phi) is 6.77. The highest BCUT2D eigenvalue weighted by atomic mass is 19.1. The molecule has 0 aromatic carbocycles. The molecule has 1 saturated carbocycles. The van der Waals surface area contributed by atoms with Gasteiger partial charge in [0.15, 0.2) is 5.82 Å². The Hall–Kier alpha value is -1.80. The summed E-state index contributed by atoms with van der Waals surface area (Å²) >= 11 is 0. The van der Waals surface area contributed by atoms with Crippen molar-refractivity contribution >= 4 is 11.9 Å². The Morgan fingerprint density at radius 3 is 2.58 bits per heavy atom. The first kappa shape index (κ1) is 22.4. The number of primary amides is 1. The number of piperidine rings is 2. The average Bonchev–Trinajstić information content (AvgIpc) is 3.59. The highest BCUT2D eigenvalue weighted by Gasteiger charge is 2.48. The van der Waals surface area contributed by atoms with E-state index in [2.05, 4.69) is 33.6 Å². The van der Waals surface area contributed by atoms with Gasteiger partial charge < -0.3 is 15.4 Å². The molecule has 1 aromatic rings. The molecule has 6 atom stereocenters. The summed E-state index contributed by atoms with van der Waals surface area (Å²) in [5.41, 5.74) is 5.85. The van der Waals surface area contributed by atoms with Crippen molar-refractivity contribution in [2.75, 3.05) is 25.1 Å². The van der Waals surface area contributed by atoms with Crippen LogP contribution >= 0.6 is 0 Å². The maximum Gasteiger partial charge on any atom is 0.235 e. The molecule has 0 unspecified atom stereocenters. The standard InChI is InChI=1S/C23H36FN5O2/c1-4-18-10-16(9-14(2)29(18)21(22(25)30)15-5-6-15)19-7-8-28(13-20(19)31-3)23-26-11-17(24)12-27-23/h11-12,14-16,18-21H,4-10,13H2,1-3H3,(H2,25,30)/t14-,16-,18+,19+,20+,21+/m0/s1. The van der Waals surface area contributed by atoms with Gasteiger partial charge in [-0.25, -0.2) is 14.4 Å². The molecule has 1 aromatic heterocycles. The Labute approximate surface area is 184 Å². The summed E-state index contributed by atoms with van der Waals surface area (Å²) in [6.07, 6.45) is 8.91. The van der Waals surface area contributed by atoms with Gasteiger partial charge in [-0.2, -0.15) is 0 Å². The molecule has 1 aliphatic carbocycles. The Morgan fingerprint density at radius 1 is 1.29 bits per heavy atom. The molecule has 3 heterocycles. The van der Waals surface area contributed by atoms with Crippen LogP contribution in [0.3, 0.4) is 0 Å². The number of carbonyl (C=O) groups is 1. The summed E-state index contributed by atoms with van der Waals surface area (Å²) < 4.78 is 19.1. The van der Waals surface area contributed by atoms with Crippen LogP contribution in [0.5, 0.6) is 0 Å². The highest BCUT2D eigenvalue weighted by Crippen LogP contribution is 2.44. The quantitative estimate of drug-likeness (QED) is 0.712. The molecule has 8 heteroatoms. The third-order valence-electron chi connectivity index (χ3n) is 7.71. The number of nitrogens with two attached hydrogens (primary N) is 1. The van der Waals surface area contributed by atoms with Crippen molar-refractivity contribution in [2.45, 2.75) is 76.6 Å². The summed E-state index contributed by atoms with van der Waals surface area (Å²) in [6.45, 7) is 6.04. The zero-order chi connectivity index (χ0) is 22.1. The van der Waals surface area contributed by atoms with Crippen LogP contribution in [0.1, 0.15) is 52.4 Å². The van der Waals surface area contributed by atoms with Crippen LogP contribution in [0.15, 0.2) is 12.4 Å². The topological polar surface area (TPSA) is 84.6 Å². The molecule has 0 radical (unpaired) electrons. The molecule has 7 nitrogen and oxygen atoms in total. The number of likely N-dealkylation sites (tertiary alicyclic amines) is 1. The van der Waals surface area contributed by atoms with Gasteiger partial charge in [0.25, 0.3) is 0 Å². The number of nitrogens with zero attached hydrogens (tertiary/aromatic N) is 4. The summed E-state index contributed by atoms with van der Waals surface area (Å²) in [6, 6.07) is 0.595. The number of rotatable bonds is 7. The van der Waals surface area contributed by atoms with Gasteiger partial charge in [-0.3, -0.25) is 9.69 Å². The second kappa shape index (κ2) is 9.36. The summed E-state index contributed by atoms with van der Waals surface area (Å²) in [4.78, 5) is 25.1. The Balaban J connectivity index is 1.45. The monoisotopic (exact) mass is 433 g/mol. The van der Waals surface area contributed by atoms with E-state index < -0.39 is 5.82 Å². The fraction of sp³-hybridized carbons (Fsp3) is 0.783. The second-order valence-electron chi connectivity index (χ2n) is 9.65. The maximum atomic E-state index is 13.2. The normalized spacial score (nSPS) is 33.3. The van der Waals surface area contributed by atoms with Crippen molar-refractivity contribution < 1.29 is 13.9 Å². The Morgan fingerprint density at radius 2 is 2.00 bits per heavy atom. The summed E-state index contributed by atoms with van der Waals surface area (Å²) in [5.74, 6) is 1.42. The SMILES string of the molecule is CC[C@@H]1C[C@@H]([C@H]2CCN(c3ncc(F)cn3)C[C@H]2OC)C[C@H](C)N1[C@@H](C(N)=O)C1CC1. The number of halogens is 1. The molecule has 3 fully saturated rings. The number of amides is 1. The van der Waals surface area contributed by atoms with E-state index in [9.17, 15) is 9.18 Å². The molecule has 31 heavy (non-hydrogen) atoms. The predicted octanol–water partition coefficient (Wildman–Crippen LogP) is 2.60. The van der Waals surface area contributed by atoms with E-state index in [1.807, 2.05) is 0 Å². The van der Waals surface area contributed by atoms with Crippen LogP contribution in [-0.4, -0.2) is 65.2 Å². The molecule has 1 amide bonds. The van der Waals surface area contributed by atoms with E-state index in [1.165, 1.54) is 12.4 Å². The van der Waals surface area contributed by atoms with Crippen molar-refractivity contribution in [1.82, 2.24) is 14.9 Å². The lowest BCUT2D eigenvalue weighted by Crippen LogP contribution is -2.59. The third kappa shape index (κ3) is 4.70.